The molecule has 0 saturated carbocycles. The van der Waals surface area contributed by atoms with Crippen molar-refractivity contribution < 1.29 is 9.53 Å². The molecule has 2 heterocycles. The molecule has 2 rings (SSSR count). The number of amides is 1. The maximum absolute atomic E-state index is 12.8. The van der Waals surface area contributed by atoms with Crippen LogP contribution in [0.1, 0.15) is 37.6 Å². The summed E-state index contributed by atoms with van der Waals surface area (Å²) in [5.74, 6) is 0.0410. The highest BCUT2D eigenvalue weighted by molar-refractivity contribution is 5.99. The molecule has 0 radical (unpaired) electrons. The first-order valence-corrected chi connectivity index (χ1v) is 7.14. The van der Waals surface area contributed by atoms with Gasteiger partial charge in [-0.2, -0.15) is 0 Å². The molecule has 1 aromatic rings. The smallest absolute Gasteiger partial charge is 0.256 e. The van der Waals surface area contributed by atoms with Crippen molar-refractivity contribution in [1.82, 2.24) is 9.88 Å². The molecule has 0 bridgehead atoms. The Balaban J connectivity index is 2.24. The fraction of sp³-hybridized carbons (Fsp3) is 0.600. The van der Waals surface area contributed by atoms with Crippen LogP contribution in [0.15, 0.2) is 18.5 Å². The third-order valence-electron chi connectivity index (χ3n) is 3.51. The molecule has 110 valence electrons. The van der Waals surface area contributed by atoms with Crippen LogP contribution >= 0.6 is 0 Å². The van der Waals surface area contributed by atoms with Gasteiger partial charge in [0.1, 0.15) is 0 Å². The zero-order valence-electron chi connectivity index (χ0n) is 12.5. The summed E-state index contributed by atoms with van der Waals surface area (Å²) in [4.78, 5) is 18.8. The van der Waals surface area contributed by atoms with Gasteiger partial charge in [-0.3, -0.25) is 9.78 Å². The Morgan fingerprint density at radius 2 is 2.35 bits per heavy atom. The highest BCUT2D eigenvalue weighted by Gasteiger charge is 2.35. The minimum atomic E-state index is -0.277. The van der Waals surface area contributed by atoms with Crippen molar-refractivity contribution in [2.24, 2.45) is 0 Å². The van der Waals surface area contributed by atoms with Gasteiger partial charge in [-0.15, -0.1) is 0 Å². The molecule has 1 fully saturated rings. The standard InChI is InChI=1S/C15H23N3O2/c1-4-6-17-13-10-16-7-5-12(13)14(19)18-8-9-20-11-15(18,2)3/h5,7,10,17H,4,6,8-9,11H2,1-3H3. The van der Waals surface area contributed by atoms with Crippen molar-refractivity contribution in [2.45, 2.75) is 32.7 Å². The van der Waals surface area contributed by atoms with Crippen LogP contribution in [0.4, 0.5) is 5.69 Å². The number of nitrogens with one attached hydrogen (secondary N) is 1. The summed E-state index contributed by atoms with van der Waals surface area (Å²) in [6, 6.07) is 1.78. The van der Waals surface area contributed by atoms with Crippen molar-refractivity contribution in [3.63, 3.8) is 0 Å². The average Bonchev–Trinajstić information content (AvgIpc) is 2.44. The molecule has 1 aliphatic rings. The zero-order valence-corrected chi connectivity index (χ0v) is 12.5. The topological polar surface area (TPSA) is 54.5 Å². The van der Waals surface area contributed by atoms with E-state index in [-0.39, 0.29) is 11.4 Å². The van der Waals surface area contributed by atoms with Gasteiger partial charge >= 0.3 is 0 Å². The lowest BCUT2D eigenvalue weighted by molar-refractivity contribution is -0.0370. The monoisotopic (exact) mass is 277 g/mol. The number of ether oxygens (including phenoxy) is 1. The number of morpholine rings is 1. The van der Waals surface area contributed by atoms with Crippen LogP contribution < -0.4 is 5.32 Å². The van der Waals surface area contributed by atoms with Crippen LogP contribution in [-0.4, -0.2) is 47.6 Å². The zero-order chi connectivity index (χ0) is 14.6. The lowest BCUT2D eigenvalue weighted by Crippen LogP contribution is -2.55. The van der Waals surface area contributed by atoms with Crippen molar-refractivity contribution in [1.29, 1.82) is 0 Å². The maximum Gasteiger partial charge on any atom is 0.256 e. The van der Waals surface area contributed by atoms with Gasteiger partial charge in [0, 0.05) is 19.3 Å². The highest BCUT2D eigenvalue weighted by atomic mass is 16.5. The fourth-order valence-electron chi connectivity index (χ4n) is 2.36. The summed E-state index contributed by atoms with van der Waals surface area (Å²) in [6.45, 7) is 8.78. The average molecular weight is 277 g/mol. The van der Waals surface area contributed by atoms with Gasteiger partial charge in [0.05, 0.1) is 36.2 Å². The van der Waals surface area contributed by atoms with Gasteiger partial charge in [-0.05, 0) is 26.3 Å². The minimum Gasteiger partial charge on any atom is -0.383 e. The Labute approximate surface area is 120 Å². The second kappa shape index (κ2) is 6.22. The summed E-state index contributed by atoms with van der Waals surface area (Å²) in [5, 5.41) is 3.27. The number of carbonyl (C=O) groups excluding carboxylic acids is 1. The second-order valence-electron chi connectivity index (χ2n) is 5.67. The van der Waals surface area contributed by atoms with Crippen LogP contribution in [-0.2, 0) is 4.74 Å². The Morgan fingerprint density at radius 1 is 1.55 bits per heavy atom. The Bertz CT molecular complexity index is 474. The first-order valence-electron chi connectivity index (χ1n) is 7.14. The van der Waals surface area contributed by atoms with Crippen LogP contribution in [0.25, 0.3) is 0 Å². The molecule has 5 nitrogen and oxygen atoms in total. The first kappa shape index (κ1) is 14.8. The predicted molar refractivity (Wildman–Crippen MR) is 79.0 cm³/mol. The maximum atomic E-state index is 12.8. The lowest BCUT2D eigenvalue weighted by atomic mass is 10.0. The molecule has 0 atom stereocenters. The molecule has 1 amide bonds. The van der Waals surface area contributed by atoms with Gasteiger partial charge in [-0.25, -0.2) is 0 Å². The molecule has 1 aromatic heterocycles. The summed E-state index contributed by atoms with van der Waals surface area (Å²) in [7, 11) is 0. The Hall–Kier alpha value is -1.62. The Kier molecular flexibility index (Phi) is 4.60. The normalized spacial score (nSPS) is 17.9. The third kappa shape index (κ3) is 3.10. The van der Waals surface area contributed by atoms with Crippen LogP contribution in [0.5, 0.6) is 0 Å². The molecule has 0 aromatic carbocycles. The molecule has 0 unspecified atom stereocenters. The number of rotatable bonds is 4. The number of nitrogens with zero attached hydrogens (tertiary/aromatic N) is 2. The molecule has 1 saturated heterocycles. The minimum absolute atomic E-state index is 0.0410. The summed E-state index contributed by atoms with van der Waals surface area (Å²) >= 11 is 0. The van der Waals surface area contributed by atoms with E-state index in [9.17, 15) is 4.79 Å². The van der Waals surface area contributed by atoms with Gasteiger partial charge in [0.15, 0.2) is 0 Å². The predicted octanol–water partition coefficient (Wildman–Crippen LogP) is 2.15. The van der Waals surface area contributed by atoms with E-state index in [1.807, 2.05) is 18.7 Å². The number of pyridine rings is 1. The SMILES string of the molecule is CCCNc1cnccc1C(=O)N1CCOCC1(C)C. The number of hydrogen-bond donors (Lipinski definition) is 1. The van der Waals surface area contributed by atoms with Gasteiger partial charge in [-0.1, -0.05) is 6.92 Å². The number of anilines is 1. The van der Waals surface area contributed by atoms with E-state index in [1.54, 1.807) is 18.5 Å². The molecule has 5 heteroatoms. The Morgan fingerprint density at radius 3 is 3.05 bits per heavy atom. The number of hydrogen-bond acceptors (Lipinski definition) is 4. The first-order chi connectivity index (χ1) is 9.56. The van der Waals surface area contributed by atoms with E-state index >= 15 is 0 Å². The van der Waals surface area contributed by atoms with E-state index in [4.69, 9.17) is 4.74 Å². The van der Waals surface area contributed by atoms with Crippen molar-refractivity contribution in [2.75, 3.05) is 31.6 Å². The molecular formula is C15H23N3O2. The number of aromatic nitrogens is 1. The molecule has 0 aliphatic carbocycles. The fourth-order valence-corrected chi connectivity index (χ4v) is 2.36. The van der Waals surface area contributed by atoms with Crippen molar-refractivity contribution >= 4 is 11.6 Å². The van der Waals surface area contributed by atoms with E-state index in [0.29, 0.717) is 25.3 Å². The summed E-state index contributed by atoms with van der Waals surface area (Å²) < 4.78 is 5.47. The molecular weight excluding hydrogens is 254 g/mol. The van der Waals surface area contributed by atoms with Gasteiger partial charge < -0.3 is 15.0 Å². The van der Waals surface area contributed by atoms with Crippen LogP contribution in [0.2, 0.25) is 0 Å². The molecule has 1 N–H and O–H groups in total. The lowest BCUT2D eigenvalue weighted by Gasteiger charge is -2.42. The largest absolute Gasteiger partial charge is 0.383 e. The summed E-state index contributed by atoms with van der Waals surface area (Å²) in [5.41, 5.74) is 1.21. The molecule has 1 aliphatic heterocycles. The summed E-state index contributed by atoms with van der Waals surface area (Å²) in [6.07, 6.45) is 4.39. The van der Waals surface area contributed by atoms with Crippen molar-refractivity contribution in [3.05, 3.63) is 24.0 Å². The highest BCUT2D eigenvalue weighted by Crippen LogP contribution is 2.24. The van der Waals surface area contributed by atoms with Gasteiger partial charge in [0.25, 0.3) is 5.91 Å². The van der Waals surface area contributed by atoms with Crippen LogP contribution in [0.3, 0.4) is 0 Å². The van der Waals surface area contributed by atoms with E-state index in [1.165, 1.54) is 0 Å². The molecule has 0 spiro atoms. The van der Waals surface area contributed by atoms with E-state index in [2.05, 4.69) is 17.2 Å². The molecule has 20 heavy (non-hydrogen) atoms. The number of carbonyl (C=O) groups is 1. The van der Waals surface area contributed by atoms with E-state index in [0.717, 1.165) is 18.7 Å². The van der Waals surface area contributed by atoms with Crippen molar-refractivity contribution in [3.8, 4) is 0 Å². The second-order valence-corrected chi connectivity index (χ2v) is 5.67. The van der Waals surface area contributed by atoms with E-state index < -0.39 is 0 Å². The van der Waals surface area contributed by atoms with Gasteiger partial charge in [0.2, 0.25) is 0 Å². The third-order valence-corrected chi connectivity index (χ3v) is 3.51. The quantitative estimate of drug-likeness (QED) is 0.916. The van der Waals surface area contributed by atoms with Crippen LogP contribution in [0, 0.1) is 0 Å².